The maximum Gasteiger partial charge on any atom is 0.0821 e. The van der Waals surface area contributed by atoms with E-state index < -0.39 is 0 Å². The highest BCUT2D eigenvalue weighted by atomic mass is 15.6. The van der Waals surface area contributed by atoms with Crippen LogP contribution in [0.25, 0.3) is 0 Å². The van der Waals surface area contributed by atoms with Gasteiger partial charge in [-0.3, -0.25) is 5.01 Å². The van der Waals surface area contributed by atoms with Crippen molar-refractivity contribution in [3.8, 4) is 0 Å². The van der Waals surface area contributed by atoms with Gasteiger partial charge in [0.2, 0.25) is 0 Å². The molecule has 2 bridgehead atoms. The quantitative estimate of drug-likeness (QED) is 0.497. The van der Waals surface area contributed by atoms with Gasteiger partial charge in [0, 0.05) is 18.9 Å². The molecule has 2 aliphatic heterocycles. The lowest BCUT2D eigenvalue weighted by atomic mass is 9.67. The third-order valence-corrected chi connectivity index (χ3v) is 2.91. The molecule has 1 saturated carbocycles. The Morgan fingerprint density at radius 1 is 1.20 bits per heavy atom. The molecule has 2 atom stereocenters. The minimum Gasteiger partial charge on any atom is -0.278 e. The Hall–Kier alpha value is -0.600. The van der Waals surface area contributed by atoms with Gasteiger partial charge in [-0.15, -0.1) is 0 Å². The predicted octanol–water partition coefficient (Wildman–Crippen LogP) is 1.32. The van der Waals surface area contributed by atoms with Gasteiger partial charge >= 0.3 is 0 Å². The number of nitrogens with zero attached hydrogens (tertiary/aromatic N) is 3. The first kappa shape index (κ1) is 6.13. The van der Waals surface area contributed by atoms with Crippen molar-refractivity contribution in [2.24, 2.45) is 22.2 Å². The number of hydrogen-bond donors (Lipinski definition) is 0. The molecule has 2 unspecified atom stereocenters. The molecule has 56 valence electrons. The zero-order chi connectivity index (χ0) is 7.30. The van der Waals surface area contributed by atoms with Crippen LogP contribution in [-0.4, -0.2) is 24.1 Å². The van der Waals surface area contributed by atoms with E-state index in [9.17, 15) is 0 Å². The van der Waals surface area contributed by atoms with Gasteiger partial charge in [-0.25, -0.2) is 0 Å². The smallest absolute Gasteiger partial charge is 0.0821 e. The van der Waals surface area contributed by atoms with Crippen molar-refractivity contribution in [3.63, 3.8) is 0 Å². The third kappa shape index (κ3) is 0.509. The summed E-state index contributed by atoms with van der Waals surface area (Å²) in [5, 5.41) is 10.2. The van der Waals surface area contributed by atoms with Crippen LogP contribution in [-0.2, 0) is 0 Å². The van der Waals surface area contributed by atoms with Crippen molar-refractivity contribution in [1.29, 1.82) is 0 Å². The Morgan fingerprint density at radius 3 is 2.10 bits per heavy atom. The van der Waals surface area contributed by atoms with Crippen molar-refractivity contribution >= 4 is 0 Å². The van der Waals surface area contributed by atoms with Gasteiger partial charge in [0.15, 0.2) is 0 Å². The minimum atomic E-state index is 0.515. The molecule has 10 heavy (non-hydrogen) atoms. The lowest BCUT2D eigenvalue weighted by molar-refractivity contribution is -0.0340. The van der Waals surface area contributed by atoms with E-state index in [1.165, 1.54) is 0 Å². The first-order chi connectivity index (χ1) is 4.72. The molecule has 3 rings (SSSR count). The van der Waals surface area contributed by atoms with Crippen LogP contribution in [0.3, 0.4) is 0 Å². The van der Waals surface area contributed by atoms with E-state index in [-0.39, 0.29) is 0 Å². The van der Waals surface area contributed by atoms with Crippen LogP contribution in [0.4, 0.5) is 0 Å². The van der Waals surface area contributed by atoms with E-state index >= 15 is 0 Å². The summed E-state index contributed by atoms with van der Waals surface area (Å²) in [6, 6.07) is 1.17. The molecule has 0 amide bonds. The van der Waals surface area contributed by atoms with E-state index in [0.717, 1.165) is 11.8 Å². The second kappa shape index (κ2) is 1.71. The first-order valence-corrected chi connectivity index (χ1v) is 3.85. The molecular weight excluding hydrogens is 126 g/mol. The summed E-state index contributed by atoms with van der Waals surface area (Å²) >= 11 is 0. The van der Waals surface area contributed by atoms with E-state index in [1.54, 1.807) is 0 Å². The van der Waals surface area contributed by atoms with Gasteiger partial charge in [0.05, 0.1) is 12.1 Å². The molecule has 3 nitrogen and oxygen atoms in total. The van der Waals surface area contributed by atoms with Crippen LogP contribution in [0.1, 0.15) is 13.8 Å². The number of fused-ring (bicyclic) bond motifs is 1. The summed E-state index contributed by atoms with van der Waals surface area (Å²) in [6.07, 6.45) is 0. The van der Waals surface area contributed by atoms with Gasteiger partial charge in [0.25, 0.3) is 0 Å². The molecule has 2 heterocycles. The summed E-state index contributed by atoms with van der Waals surface area (Å²) in [7, 11) is 2.01. The SMILES string of the molecule is CC1C2N=NN(C)C1C2C. The topological polar surface area (TPSA) is 28.0 Å². The lowest BCUT2D eigenvalue weighted by Gasteiger charge is -2.52. The number of rotatable bonds is 0. The van der Waals surface area contributed by atoms with Crippen molar-refractivity contribution in [2.45, 2.75) is 25.9 Å². The van der Waals surface area contributed by atoms with E-state index in [2.05, 4.69) is 24.2 Å². The van der Waals surface area contributed by atoms with Crippen LogP contribution in [0.15, 0.2) is 10.3 Å². The molecule has 0 aromatic heterocycles. The lowest BCUT2D eigenvalue weighted by Crippen LogP contribution is -2.60. The summed E-state index contributed by atoms with van der Waals surface area (Å²) in [5.41, 5.74) is 0. The minimum absolute atomic E-state index is 0.515. The van der Waals surface area contributed by atoms with Gasteiger partial charge in [-0.1, -0.05) is 19.1 Å². The molecule has 1 fully saturated rings. The molecular formula is C7H13N3. The van der Waals surface area contributed by atoms with Crippen LogP contribution in [0, 0.1) is 11.8 Å². The highest BCUT2D eigenvalue weighted by molar-refractivity contribution is 5.03. The Balaban J connectivity index is 2.24. The molecule has 1 aliphatic carbocycles. The Kier molecular flexibility index (Phi) is 1.05. The third-order valence-electron chi connectivity index (χ3n) is 2.91. The van der Waals surface area contributed by atoms with Crippen LogP contribution in [0.5, 0.6) is 0 Å². The Morgan fingerprint density at radius 2 is 1.80 bits per heavy atom. The normalized spacial score (nSPS) is 50.9. The maximum absolute atomic E-state index is 4.19. The van der Waals surface area contributed by atoms with Crippen molar-refractivity contribution in [1.82, 2.24) is 5.01 Å². The van der Waals surface area contributed by atoms with Gasteiger partial charge in [-0.2, -0.15) is 5.11 Å². The summed E-state index contributed by atoms with van der Waals surface area (Å²) in [6.45, 7) is 4.51. The van der Waals surface area contributed by atoms with Crippen molar-refractivity contribution in [2.75, 3.05) is 7.05 Å². The second-order valence-corrected chi connectivity index (χ2v) is 3.48. The van der Waals surface area contributed by atoms with E-state index in [4.69, 9.17) is 0 Å². The van der Waals surface area contributed by atoms with Gasteiger partial charge < -0.3 is 0 Å². The summed E-state index contributed by atoms with van der Waals surface area (Å²) < 4.78 is 0. The van der Waals surface area contributed by atoms with Crippen molar-refractivity contribution < 1.29 is 0 Å². The fourth-order valence-corrected chi connectivity index (χ4v) is 2.31. The Bertz CT molecular complexity index is 168. The predicted molar refractivity (Wildman–Crippen MR) is 38.5 cm³/mol. The highest BCUT2D eigenvalue weighted by Gasteiger charge is 2.50. The molecule has 0 aromatic carbocycles. The zero-order valence-electron chi connectivity index (χ0n) is 6.65. The maximum atomic E-state index is 4.19. The fourth-order valence-electron chi connectivity index (χ4n) is 2.31. The summed E-state index contributed by atoms with van der Waals surface area (Å²) in [4.78, 5) is 0. The van der Waals surface area contributed by atoms with Crippen LogP contribution in [0.2, 0.25) is 0 Å². The molecule has 0 N–H and O–H groups in total. The molecule has 0 radical (unpaired) electrons. The average Bonchev–Trinajstić information content (AvgIpc) is 1.88. The standard InChI is InChI=1S/C7H13N3/c1-4-6-5(2)7(4)10(3)9-8-6/h4-7H,1-3H3. The number of hydrogen-bond acceptors (Lipinski definition) is 3. The van der Waals surface area contributed by atoms with Crippen LogP contribution >= 0.6 is 0 Å². The zero-order valence-corrected chi connectivity index (χ0v) is 6.65. The first-order valence-electron chi connectivity index (χ1n) is 3.85. The molecule has 0 saturated heterocycles. The molecule has 3 aliphatic rings. The van der Waals surface area contributed by atoms with E-state index in [0.29, 0.717) is 12.1 Å². The monoisotopic (exact) mass is 139 g/mol. The average molecular weight is 139 g/mol. The Labute approximate surface area is 61.1 Å². The highest BCUT2D eigenvalue weighted by Crippen LogP contribution is 2.43. The second-order valence-electron chi connectivity index (χ2n) is 3.48. The van der Waals surface area contributed by atoms with Crippen LogP contribution < -0.4 is 0 Å². The fraction of sp³-hybridized carbons (Fsp3) is 1.00. The van der Waals surface area contributed by atoms with Crippen molar-refractivity contribution in [3.05, 3.63) is 0 Å². The molecule has 0 spiro atoms. The molecule has 0 aromatic rings. The largest absolute Gasteiger partial charge is 0.278 e. The summed E-state index contributed by atoms with van der Waals surface area (Å²) in [5.74, 6) is 1.44. The van der Waals surface area contributed by atoms with Gasteiger partial charge in [0.1, 0.15) is 0 Å². The van der Waals surface area contributed by atoms with Gasteiger partial charge in [-0.05, 0) is 0 Å². The molecule has 3 heteroatoms. The van der Waals surface area contributed by atoms with E-state index in [1.807, 2.05) is 12.1 Å².